The molecule has 0 heterocycles. The second-order valence-corrected chi connectivity index (χ2v) is 5.65. The Balaban J connectivity index is 3.75. The fourth-order valence-corrected chi connectivity index (χ4v) is 3.11. The van der Waals surface area contributed by atoms with Crippen molar-refractivity contribution in [3.8, 4) is 0 Å². The lowest BCUT2D eigenvalue weighted by atomic mass is 10.2. The van der Waals surface area contributed by atoms with Gasteiger partial charge in [0.05, 0.1) is 0 Å². The SMILES string of the molecule is [CH2]CC(CCCC)[SiH](OC)OC. The molecule has 2 nitrogen and oxygen atoms in total. The molecule has 0 aromatic rings. The van der Waals surface area contributed by atoms with Gasteiger partial charge in [0, 0.05) is 14.2 Å². The van der Waals surface area contributed by atoms with E-state index in [0.29, 0.717) is 5.54 Å². The third-order valence-corrected chi connectivity index (χ3v) is 4.51. The minimum absolute atomic E-state index is 0.583. The standard InChI is InChI=1S/C9H21O2Si/c1-5-7-8-9(6-2)12(10-3)11-4/h9,12H,2,5-8H2,1,3-4H3. The lowest BCUT2D eigenvalue weighted by Gasteiger charge is -2.20. The van der Waals surface area contributed by atoms with E-state index in [1.54, 1.807) is 14.2 Å². The van der Waals surface area contributed by atoms with Gasteiger partial charge < -0.3 is 8.85 Å². The van der Waals surface area contributed by atoms with Crippen molar-refractivity contribution in [2.24, 2.45) is 0 Å². The summed E-state index contributed by atoms with van der Waals surface area (Å²) in [6, 6.07) is 0. The van der Waals surface area contributed by atoms with E-state index in [1.807, 2.05) is 0 Å². The maximum Gasteiger partial charge on any atom is 0.324 e. The van der Waals surface area contributed by atoms with Crippen LogP contribution in [-0.2, 0) is 8.85 Å². The molecule has 0 rings (SSSR count). The molecular weight excluding hydrogens is 168 g/mol. The molecule has 0 aliphatic rings. The van der Waals surface area contributed by atoms with Gasteiger partial charge in [0.2, 0.25) is 0 Å². The average Bonchev–Trinajstić information content (AvgIpc) is 2.12. The molecule has 0 amide bonds. The van der Waals surface area contributed by atoms with Crippen molar-refractivity contribution in [1.29, 1.82) is 0 Å². The molecule has 0 bridgehead atoms. The molecular formula is C9H21O2Si. The fraction of sp³-hybridized carbons (Fsp3) is 0.889. The molecule has 0 aliphatic heterocycles. The molecule has 1 atom stereocenters. The van der Waals surface area contributed by atoms with Crippen LogP contribution in [-0.4, -0.2) is 23.5 Å². The van der Waals surface area contributed by atoms with Crippen molar-refractivity contribution in [1.82, 2.24) is 0 Å². The molecule has 3 heteroatoms. The molecule has 0 saturated carbocycles. The van der Waals surface area contributed by atoms with Gasteiger partial charge in [-0.1, -0.05) is 26.7 Å². The van der Waals surface area contributed by atoms with Gasteiger partial charge in [-0.3, -0.25) is 0 Å². The van der Waals surface area contributed by atoms with Crippen LogP contribution in [0.3, 0.4) is 0 Å². The number of rotatable bonds is 7. The van der Waals surface area contributed by atoms with Crippen molar-refractivity contribution >= 4 is 9.28 Å². The molecule has 0 aromatic carbocycles. The molecule has 12 heavy (non-hydrogen) atoms. The molecule has 0 N–H and O–H groups in total. The summed E-state index contributed by atoms with van der Waals surface area (Å²) in [5, 5.41) is 0. The lowest BCUT2D eigenvalue weighted by Crippen LogP contribution is -2.26. The molecule has 0 aromatic heterocycles. The Morgan fingerprint density at radius 1 is 1.33 bits per heavy atom. The average molecular weight is 189 g/mol. The topological polar surface area (TPSA) is 18.5 Å². The monoisotopic (exact) mass is 189 g/mol. The third-order valence-electron chi connectivity index (χ3n) is 2.15. The first-order valence-corrected chi connectivity index (χ1v) is 6.25. The highest BCUT2D eigenvalue weighted by Crippen LogP contribution is 2.22. The summed E-state index contributed by atoms with van der Waals surface area (Å²) < 4.78 is 10.7. The third kappa shape index (κ3) is 4.23. The van der Waals surface area contributed by atoms with Crippen molar-refractivity contribution in [3.05, 3.63) is 6.92 Å². The van der Waals surface area contributed by atoms with Gasteiger partial charge in [-0.15, -0.1) is 0 Å². The highest BCUT2D eigenvalue weighted by molar-refractivity contribution is 6.46. The Labute approximate surface area is 78.1 Å². The van der Waals surface area contributed by atoms with Crippen LogP contribution < -0.4 is 0 Å². The Hall–Kier alpha value is 0.137. The summed E-state index contributed by atoms with van der Waals surface area (Å²) in [6.07, 6.45) is 4.65. The Morgan fingerprint density at radius 2 is 1.92 bits per heavy atom. The molecule has 73 valence electrons. The summed E-state index contributed by atoms with van der Waals surface area (Å²) in [5.41, 5.74) is 0.583. The zero-order valence-corrected chi connectivity index (χ0v) is 9.66. The van der Waals surface area contributed by atoms with E-state index in [4.69, 9.17) is 8.85 Å². The van der Waals surface area contributed by atoms with E-state index < -0.39 is 9.28 Å². The van der Waals surface area contributed by atoms with E-state index in [2.05, 4.69) is 13.8 Å². The molecule has 0 fully saturated rings. The summed E-state index contributed by atoms with van der Waals surface area (Å²) in [7, 11) is 2.09. The predicted octanol–water partition coefficient (Wildman–Crippen LogP) is 2.28. The molecule has 0 aliphatic carbocycles. The number of unbranched alkanes of at least 4 members (excludes halogenated alkanes) is 1. The highest BCUT2D eigenvalue weighted by atomic mass is 28.3. The van der Waals surface area contributed by atoms with Crippen molar-refractivity contribution in [2.45, 2.75) is 38.1 Å². The lowest BCUT2D eigenvalue weighted by molar-refractivity contribution is 0.261. The van der Waals surface area contributed by atoms with E-state index >= 15 is 0 Å². The summed E-state index contributed by atoms with van der Waals surface area (Å²) in [6.45, 7) is 6.14. The van der Waals surface area contributed by atoms with Crippen LogP contribution in [0.4, 0.5) is 0 Å². The Bertz CT molecular complexity index is 94.5. The van der Waals surface area contributed by atoms with Crippen LogP contribution in [0.1, 0.15) is 32.6 Å². The number of hydrogen-bond donors (Lipinski definition) is 0. The minimum atomic E-state index is -1.40. The normalized spacial score (nSPS) is 13.8. The number of hydrogen-bond acceptors (Lipinski definition) is 2. The van der Waals surface area contributed by atoms with Crippen molar-refractivity contribution in [2.75, 3.05) is 14.2 Å². The van der Waals surface area contributed by atoms with Gasteiger partial charge in [-0.2, -0.15) is 0 Å². The van der Waals surface area contributed by atoms with E-state index in [-0.39, 0.29) is 0 Å². The van der Waals surface area contributed by atoms with Crippen LogP contribution in [0.2, 0.25) is 5.54 Å². The Morgan fingerprint density at radius 3 is 2.25 bits per heavy atom. The van der Waals surface area contributed by atoms with Gasteiger partial charge in [0.15, 0.2) is 0 Å². The van der Waals surface area contributed by atoms with Crippen molar-refractivity contribution in [3.63, 3.8) is 0 Å². The smallest absolute Gasteiger partial charge is 0.324 e. The van der Waals surface area contributed by atoms with E-state index in [0.717, 1.165) is 6.42 Å². The largest absolute Gasteiger partial charge is 0.400 e. The van der Waals surface area contributed by atoms with Gasteiger partial charge in [-0.25, -0.2) is 0 Å². The molecule has 1 radical (unpaired) electrons. The van der Waals surface area contributed by atoms with Crippen LogP contribution in [0, 0.1) is 6.92 Å². The molecule has 0 saturated heterocycles. The second kappa shape index (κ2) is 7.77. The molecule has 0 spiro atoms. The van der Waals surface area contributed by atoms with E-state index in [9.17, 15) is 0 Å². The second-order valence-electron chi connectivity index (χ2n) is 3.03. The van der Waals surface area contributed by atoms with Gasteiger partial charge in [0.1, 0.15) is 0 Å². The zero-order valence-electron chi connectivity index (χ0n) is 8.51. The Kier molecular flexibility index (Phi) is 7.86. The zero-order chi connectivity index (χ0) is 9.40. The summed E-state index contributed by atoms with van der Waals surface area (Å²) >= 11 is 0. The predicted molar refractivity (Wildman–Crippen MR) is 54.4 cm³/mol. The van der Waals surface area contributed by atoms with Gasteiger partial charge in [0.25, 0.3) is 0 Å². The maximum absolute atomic E-state index is 5.33. The van der Waals surface area contributed by atoms with Gasteiger partial charge in [-0.05, 0) is 18.4 Å². The first kappa shape index (κ1) is 12.1. The van der Waals surface area contributed by atoms with E-state index in [1.165, 1.54) is 19.3 Å². The summed E-state index contributed by atoms with van der Waals surface area (Å²) in [5.74, 6) is 0. The van der Waals surface area contributed by atoms with Crippen LogP contribution in [0.5, 0.6) is 0 Å². The fourth-order valence-electron chi connectivity index (χ4n) is 1.36. The first-order chi connectivity index (χ1) is 5.79. The quantitative estimate of drug-likeness (QED) is 0.572. The van der Waals surface area contributed by atoms with Crippen LogP contribution in [0.25, 0.3) is 0 Å². The first-order valence-electron chi connectivity index (χ1n) is 4.64. The van der Waals surface area contributed by atoms with Crippen LogP contribution >= 0.6 is 0 Å². The summed E-state index contributed by atoms with van der Waals surface area (Å²) in [4.78, 5) is 0. The molecule has 1 unspecified atom stereocenters. The van der Waals surface area contributed by atoms with Crippen molar-refractivity contribution < 1.29 is 8.85 Å². The van der Waals surface area contributed by atoms with Gasteiger partial charge >= 0.3 is 9.28 Å². The highest BCUT2D eigenvalue weighted by Gasteiger charge is 2.21. The van der Waals surface area contributed by atoms with Crippen LogP contribution in [0.15, 0.2) is 0 Å². The minimum Gasteiger partial charge on any atom is -0.400 e. The maximum atomic E-state index is 5.33.